The van der Waals surface area contributed by atoms with Gasteiger partial charge in [-0.1, -0.05) is 0 Å². The second-order valence-electron chi connectivity index (χ2n) is 4.74. The van der Waals surface area contributed by atoms with E-state index in [1.807, 2.05) is 0 Å². The average Bonchev–Trinajstić information content (AvgIpc) is 2.80. The fourth-order valence-corrected chi connectivity index (χ4v) is 2.00. The van der Waals surface area contributed by atoms with E-state index < -0.39 is 18.0 Å². The van der Waals surface area contributed by atoms with Gasteiger partial charge in [0.15, 0.2) is 0 Å². The second kappa shape index (κ2) is 7.60. The number of likely N-dealkylation sites (tertiary alicyclic amines) is 1. The van der Waals surface area contributed by atoms with Gasteiger partial charge in [0.1, 0.15) is 0 Å². The van der Waals surface area contributed by atoms with Gasteiger partial charge >= 0.3 is 12.0 Å². The van der Waals surface area contributed by atoms with E-state index in [-0.39, 0.29) is 25.3 Å². The minimum atomic E-state index is -0.961. The van der Waals surface area contributed by atoms with Crippen LogP contribution in [-0.2, 0) is 9.59 Å². The number of carbonyl (C=O) groups is 3. The van der Waals surface area contributed by atoms with Crippen LogP contribution in [0.5, 0.6) is 0 Å². The molecule has 1 fully saturated rings. The quantitative estimate of drug-likeness (QED) is 0.641. The molecule has 0 aromatic rings. The Labute approximate surface area is 112 Å². The van der Waals surface area contributed by atoms with Crippen LogP contribution in [0, 0.1) is 0 Å². The van der Waals surface area contributed by atoms with Gasteiger partial charge in [-0.25, -0.2) is 4.79 Å². The monoisotopic (exact) mass is 271 g/mol. The maximum Gasteiger partial charge on any atom is 0.315 e. The minimum absolute atomic E-state index is 0.0522. The molecule has 0 aromatic carbocycles. The Morgan fingerprint density at radius 2 is 1.89 bits per heavy atom. The number of nitrogens with zero attached hydrogens (tertiary/aromatic N) is 1. The first-order chi connectivity index (χ1) is 8.99. The van der Waals surface area contributed by atoms with Crippen molar-refractivity contribution in [1.82, 2.24) is 15.5 Å². The molecule has 0 bridgehead atoms. The van der Waals surface area contributed by atoms with Crippen molar-refractivity contribution in [2.45, 2.75) is 38.6 Å². The number of amides is 3. The number of aliphatic carboxylic acids is 1. The van der Waals surface area contributed by atoms with Crippen LogP contribution in [0.1, 0.15) is 32.6 Å². The molecule has 0 aromatic heterocycles. The van der Waals surface area contributed by atoms with Gasteiger partial charge in [-0.05, 0) is 19.8 Å². The molecule has 0 radical (unpaired) electrons. The molecule has 1 rings (SSSR count). The third kappa shape index (κ3) is 6.08. The number of urea groups is 1. The molecule has 1 aliphatic heterocycles. The van der Waals surface area contributed by atoms with Crippen molar-refractivity contribution in [3.63, 3.8) is 0 Å². The summed E-state index contributed by atoms with van der Waals surface area (Å²) in [5.74, 6) is -0.909. The van der Waals surface area contributed by atoms with Crippen LogP contribution in [0.15, 0.2) is 0 Å². The van der Waals surface area contributed by atoms with E-state index in [4.69, 9.17) is 5.11 Å². The van der Waals surface area contributed by atoms with Crippen LogP contribution < -0.4 is 10.6 Å². The molecule has 1 atom stereocenters. The van der Waals surface area contributed by atoms with Crippen molar-refractivity contribution >= 4 is 17.9 Å². The predicted octanol–water partition coefficient (Wildman–Crippen LogP) is 0.161. The summed E-state index contributed by atoms with van der Waals surface area (Å²) in [4.78, 5) is 35.3. The minimum Gasteiger partial charge on any atom is -0.481 e. The molecule has 1 heterocycles. The first kappa shape index (κ1) is 15.3. The van der Waals surface area contributed by atoms with Crippen molar-refractivity contribution in [3.8, 4) is 0 Å². The first-order valence-electron chi connectivity index (χ1n) is 6.53. The largest absolute Gasteiger partial charge is 0.481 e. The molecular formula is C12H21N3O4. The van der Waals surface area contributed by atoms with E-state index in [1.165, 1.54) is 0 Å². The fraction of sp³-hybridized carbons (Fsp3) is 0.750. The molecule has 3 N–H and O–H groups in total. The number of rotatable bonds is 6. The Morgan fingerprint density at radius 1 is 1.26 bits per heavy atom. The van der Waals surface area contributed by atoms with E-state index in [9.17, 15) is 14.4 Å². The fourth-order valence-electron chi connectivity index (χ4n) is 2.00. The lowest BCUT2D eigenvalue weighted by atomic mass is 10.2. The normalized spacial score (nSPS) is 15.9. The van der Waals surface area contributed by atoms with Crippen molar-refractivity contribution in [3.05, 3.63) is 0 Å². The topological polar surface area (TPSA) is 98.7 Å². The van der Waals surface area contributed by atoms with E-state index >= 15 is 0 Å². The molecule has 108 valence electrons. The van der Waals surface area contributed by atoms with E-state index in [0.717, 1.165) is 25.9 Å². The highest BCUT2D eigenvalue weighted by atomic mass is 16.4. The zero-order valence-corrected chi connectivity index (χ0v) is 11.1. The van der Waals surface area contributed by atoms with Crippen LogP contribution in [0.4, 0.5) is 4.79 Å². The Hall–Kier alpha value is -1.79. The van der Waals surface area contributed by atoms with Crippen molar-refractivity contribution in [1.29, 1.82) is 0 Å². The molecule has 1 saturated heterocycles. The molecule has 3 amide bonds. The van der Waals surface area contributed by atoms with Gasteiger partial charge in [-0.2, -0.15) is 0 Å². The van der Waals surface area contributed by atoms with E-state index in [2.05, 4.69) is 10.6 Å². The number of carbonyl (C=O) groups excluding carboxylic acids is 2. The number of carboxylic acid groups (broad SMARTS) is 1. The second-order valence-corrected chi connectivity index (χ2v) is 4.74. The summed E-state index contributed by atoms with van der Waals surface area (Å²) in [6.45, 7) is 3.49. The molecule has 1 unspecified atom stereocenters. The summed E-state index contributed by atoms with van der Waals surface area (Å²) in [6.07, 6.45) is 2.25. The Balaban J connectivity index is 2.12. The van der Waals surface area contributed by atoms with Crippen LogP contribution in [0.25, 0.3) is 0 Å². The number of hydrogen-bond donors (Lipinski definition) is 3. The Bertz CT molecular complexity index is 340. The summed E-state index contributed by atoms with van der Waals surface area (Å²) in [6, 6.07) is -0.880. The molecule has 1 aliphatic rings. The maximum absolute atomic E-state index is 11.7. The van der Waals surface area contributed by atoms with Gasteiger partial charge in [0.2, 0.25) is 5.91 Å². The van der Waals surface area contributed by atoms with Crippen LogP contribution in [0.2, 0.25) is 0 Å². The lowest BCUT2D eigenvalue weighted by molar-refractivity contribution is -0.137. The van der Waals surface area contributed by atoms with Crippen LogP contribution >= 0.6 is 0 Å². The summed E-state index contributed by atoms with van der Waals surface area (Å²) in [5, 5.41) is 13.6. The lowest BCUT2D eigenvalue weighted by Gasteiger charge is -2.16. The van der Waals surface area contributed by atoms with Crippen LogP contribution in [0.3, 0.4) is 0 Å². The molecule has 19 heavy (non-hydrogen) atoms. The van der Waals surface area contributed by atoms with E-state index in [0.29, 0.717) is 0 Å². The standard InChI is InChI=1S/C12H21N3O4/c1-9(8-11(17)18)14-12(19)13-5-4-10(16)15-6-2-3-7-15/h9H,2-8H2,1H3,(H,17,18)(H2,13,14,19). The highest BCUT2D eigenvalue weighted by Gasteiger charge is 2.17. The highest BCUT2D eigenvalue weighted by molar-refractivity contribution is 5.79. The smallest absolute Gasteiger partial charge is 0.315 e. The zero-order chi connectivity index (χ0) is 14.3. The molecule has 0 aliphatic carbocycles. The third-order valence-electron chi connectivity index (χ3n) is 2.94. The van der Waals surface area contributed by atoms with Crippen LogP contribution in [-0.4, -0.2) is 53.6 Å². The average molecular weight is 271 g/mol. The highest BCUT2D eigenvalue weighted by Crippen LogP contribution is 2.08. The molecule has 7 heteroatoms. The van der Waals surface area contributed by atoms with Gasteiger partial charge in [-0.15, -0.1) is 0 Å². The summed E-state index contributed by atoms with van der Waals surface area (Å²) >= 11 is 0. The zero-order valence-electron chi connectivity index (χ0n) is 11.1. The van der Waals surface area contributed by atoms with Crippen molar-refractivity contribution in [2.24, 2.45) is 0 Å². The SMILES string of the molecule is CC(CC(=O)O)NC(=O)NCCC(=O)N1CCCC1. The van der Waals surface area contributed by atoms with Gasteiger partial charge in [0.25, 0.3) is 0 Å². The Kier molecular flexibility index (Phi) is 6.11. The lowest BCUT2D eigenvalue weighted by Crippen LogP contribution is -2.42. The van der Waals surface area contributed by atoms with Gasteiger partial charge in [0, 0.05) is 32.1 Å². The number of hydrogen-bond acceptors (Lipinski definition) is 3. The van der Waals surface area contributed by atoms with Gasteiger partial charge < -0.3 is 20.6 Å². The van der Waals surface area contributed by atoms with E-state index in [1.54, 1.807) is 11.8 Å². The molecular weight excluding hydrogens is 250 g/mol. The summed E-state index contributed by atoms with van der Waals surface area (Å²) in [7, 11) is 0. The first-order valence-corrected chi connectivity index (χ1v) is 6.53. The number of nitrogens with one attached hydrogen (secondary N) is 2. The third-order valence-corrected chi connectivity index (χ3v) is 2.94. The molecule has 7 nitrogen and oxygen atoms in total. The molecule has 0 saturated carbocycles. The van der Waals surface area contributed by atoms with Gasteiger partial charge in [-0.3, -0.25) is 9.59 Å². The predicted molar refractivity (Wildman–Crippen MR) is 68.7 cm³/mol. The maximum atomic E-state index is 11.7. The molecule has 0 spiro atoms. The van der Waals surface area contributed by atoms with Crippen molar-refractivity contribution < 1.29 is 19.5 Å². The van der Waals surface area contributed by atoms with Crippen molar-refractivity contribution in [2.75, 3.05) is 19.6 Å². The summed E-state index contributed by atoms with van der Waals surface area (Å²) in [5.41, 5.74) is 0. The van der Waals surface area contributed by atoms with Gasteiger partial charge in [0.05, 0.1) is 6.42 Å². The summed E-state index contributed by atoms with van der Waals surface area (Å²) < 4.78 is 0. The number of carboxylic acids is 1. The Morgan fingerprint density at radius 3 is 2.47 bits per heavy atom.